The van der Waals surface area contributed by atoms with E-state index in [0.29, 0.717) is 21.5 Å². The number of carbonyl (C=O) groups is 2. The van der Waals surface area contributed by atoms with E-state index in [-0.39, 0.29) is 56.7 Å². The van der Waals surface area contributed by atoms with Crippen LogP contribution in [0.3, 0.4) is 0 Å². The summed E-state index contributed by atoms with van der Waals surface area (Å²) in [5.74, 6) is -5.70. The first kappa shape index (κ1) is 40.3. The summed E-state index contributed by atoms with van der Waals surface area (Å²) in [6.45, 7) is 22.7. The fourth-order valence-electron chi connectivity index (χ4n) is 8.80. The number of fused-ring (bicyclic) bond motifs is 9. The molecular weight excluding hydrogens is 865 g/mol. The lowest BCUT2D eigenvalue weighted by Gasteiger charge is -2.40. The molecule has 0 saturated carbocycles. The molecule has 2 aromatic carbocycles. The molecule has 4 aromatic rings. The molecule has 64 heavy (non-hydrogen) atoms. The molecule has 0 N–H and O–H groups in total. The van der Waals surface area contributed by atoms with Crippen molar-refractivity contribution in [2.45, 2.75) is 38.9 Å². The molecular formula is C48H24F4N6O4S2. The van der Waals surface area contributed by atoms with Gasteiger partial charge in [0.05, 0.1) is 25.3 Å². The SMILES string of the molecule is [C-]#[N+]C(C#N)=C1C(=Nc2cc3c(s2)C2=CC4C=C5OC(C)(C)c6cc(N=C7C(=O)c8cc(F)c(F)cc8/C7=C(/C#N)[N+]#[C-])sc6C5=CC4C=C2OC3(C)C)C(=O)c2cc(F)c(F)cc21. The molecule has 0 amide bonds. The fraction of sp³-hybridized carbons (Fsp3) is 0.167. The maximum absolute atomic E-state index is 14.4. The molecule has 4 aliphatic carbocycles. The van der Waals surface area contributed by atoms with Crippen molar-refractivity contribution in [1.82, 2.24) is 0 Å². The average Bonchev–Trinajstić information content (AvgIpc) is 4.00. The van der Waals surface area contributed by atoms with Crippen molar-refractivity contribution in [3.8, 4) is 12.1 Å². The van der Waals surface area contributed by atoms with Gasteiger partial charge in [-0.3, -0.25) is 9.59 Å². The molecule has 0 saturated heterocycles. The quantitative estimate of drug-likeness (QED) is 0.112. The Morgan fingerprint density at radius 3 is 1.33 bits per heavy atom. The van der Waals surface area contributed by atoms with Gasteiger partial charge in [0.2, 0.25) is 11.6 Å². The minimum absolute atomic E-state index is 0.0842. The summed E-state index contributed by atoms with van der Waals surface area (Å²) in [4.78, 5) is 44.6. The maximum Gasteiger partial charge on any atom is 0.271 e. The maximum atomic E-state index is 14.4. The van der Waals surface area contributed by atoms with Crippen LogP contribution in [-0.4, -0.2) is 23.0 Å². The Balaban J connectivity index is 1.03. The molecule has 2 aromatic heterocycles. The van der Waals surface area contributed by atoms with Crippen molar-refractivity contribution in [3.63, 3.8) is 0 Å². The summed E-state index contributed by atoms with van der Waals surface area (Å²) in [6.07, 6.45) is 8.15. The van der Waals surface area contributed by atoms with E-state index in [1.807, 2.05) is 39.8 Å². The second-order valence-corrected chi connectivity index (χ2v) is 18.4. The number of aliphatic imine (C=N–C) groups is 2. The summed E-state index contributed by atoms with van der Waals surface area (Å²) < 4.78 is 70.7. The van der Waals surface area contributed by atoms with Gasteiger partial charge in [-0.25, -0.2) is 47.8 Å². The van der Waals surface area contributed by atoms with Crippen LogP contribution in [0.5, 0.6) is 0 Å². The third-order valence-electron chi connectivity index (χ3n) is 11.7. The van der Waals surface area contributed by atoms with Crippen LogP contribution >= 0.6 is 22.7 Å². The second-order valence-electron chi connectivity index (χ2n) is 16.4. The molecule has 2 unspecified atom stereocenters. The zero-order valence-corrected chi connectivity index (χ0v) is 35.2. The zero-order valence-electron chi connectivity index (χ0n) is 33.6. The third kappa shape index (κ3) is 5.84. The van der Waals surface area contributed by atoms with E-state index < -0.39 is 57.4 Å². The van der Waals surface area contributed by atoms with Crippen LogP contribution in [0.2, 0.25) is 0 Å². The van der Waals surface area contributed by atoms with Gasteiger partial charge >= 0.3 is 0 Å². The molecule has 0 bridgehead atoms. The fourth-order valence-corrected chi connectivity index (χ4v) is 11.2. The molecule has 2 atom stereocenters. The zero-order chi connectivity index (χ0) is 45.3. The Hall–Kier alpha value is -7.76. The van der Waals surface area contributed by atoms with Gasteiger partial charge in [-0.1, -0.05) is 12.2 Å². The van der Waals surface area contributed by atoms with Gasteiger partial charge in [-0.15, -0.1) is 22.7 Å². The number of allylic oxidation sites excluding steroid dienone is 10. The van der Waals surface area contributed by atoms with Crippen molar-refractivity contribution in [1.29, 1.82) is 10.5 Å². The molecule has 10 nitrogen and oxygen atoms in total. The van der Waals surface area contributed by atoms with E-state index in [1.165, 1.54) is 22.7 Å². The molecule has 0 radical (unpaired) electrons. The number of carbonyl (C=O) groups excluding carboxylic acids is 2. The summed E-state index contributed by atoms with van der Waals surface area (Å²) in [5, 5.41) is 20.2. The van der Waals surface area contributed by atoms with Gasteiger partial charge in [0.25, 0.3) is 11.4 Å². The monoisotopic (exact) mass is 888 g/mol. The molecule has 4 heterocycles. The number of nitrogens with zero attached hydrogens (tertiary/aromatic N) is 6. The summed E-state index contributed by atoms with van der Waals surface area (Å²) in [7, 11) is 0. The standard InChI is InChI=1S/C48H24F4N6O4S2/c1-47(2)27-15-37(57-41-39(33(17-53)55-5)21-11-29(49)31(51)13-23(21)43(41)59)63-45(27)25-7-20-10-36-26(8-19(20)9-35(25)61-47)46-28(48(3,4)62-36)16-38(64-46)58-42-40(34(18-54)56-6)22-12-30(50)32(52)14-24(22)44(42)60/h7-16,19-20H,1-4H3/b39-33+,40-34?,57-41?,58-42?. The second kappa shape index (κ2) is 13.9. The van der Waals surface area contributed by atoms with Gasteiger partial charge in [-0.05, 0) is 87.4 Å². The minimum atomic E-state index is -1.25. The van der Waals surface area contributed by atoms with E-state index in [1.54, 1.807) is 24.3 Å². The highest BCUT2D eigenvalue weighted by molar-refractivity contribution is 7.17. The van der Waals surface area contributed by atoms with Crippen molar-refractivity contribution in [2.24, 2.45) is 21.8 Å². The Labute approximate surface area is 369 Å². The molecule has 6 aliphatic rings. The number of benzene rings is 2. The lowest BCUT2D eigenvalue weighted by Crippen LogP contribution is -2.31. The highest BCUT2D eigenvalue weighted by Crippen LogP contribution is 2.56. The van der Waals surface area contributed by atoms with Crippen molar-refractivity contribution < 1.29 is 36.6 Å². The number of hydrogen-bond donors (Lipinski definition) is 0. The van der Waals surface area contributed by atoms with Gasteiger partial charge in [0.1, 0.15) is 44.1 Å². The Morgan fingerprint density at radius 2 is 0.984 bits per heavy atom. The smallest absolute Gasteiger partial charge is 0.271 e. The first-order valence-electron chi connectivity index (χ1n) is 19.3. The van der Waals surface area contributed by atoms with Gasteiger partial charge in [-0.2, -0.15) is 0 Å². The first-order valence-corrected chi connectivity index (χ1v) is 21.0. The van der Waals surface area contributed by atoms with Crippen LogP contribution in [0.4, 0.5) is 27.6 Å². The highest BCUT2D eigenvalue weighted by Gasteiger charge is 2.44. The van der Waals surface area contributed by atoms with Crippen LogP contribution in [-0.2, 0) is 20.7 Å². The molecule has 2 aliphatic heterocycles. The predicted octanol–water partition coefficient (Wildman–Crippen LogP) is 11.6. The van der Waals surface area contributed by atoms with Crippen LogP contribution in [0.1, 0.15) is 80.4 Å². The van der Waals surface area contributed by atoms with Gasteiger partial charge in [0.15, 0.2) is 23.3 Å². The average molecular weight is 889 g/mol. The van der Waals surface area contributed by atoms with E-state index in [2.05, 4.69) is 31.8 Å². The normalized spacial score (nSPS) is 23.1. The van der Waals surface area contributed by atoms with Crippen LogP contribution in [0.15, 0.2) is 93.6 Å². The predicted molar refractivity (Wildman–Crippen MR) is 230 cm³/mol. The molecule has 310 valence electrons. The summed E-state index contributed by atoms with van der Waals surface area (Å²) in [5.41, 5.74) is -1.14. The Kier molecular flexibility index (Phi) is 8.74. The number of nitriles is 2. The Morgan fingerprint density at radius 1 is 0.625 bits per heavy atom. The number of ketones is 2. The largest absolute Gasteiger partial charge is 0.483 e. The van der Waals surface area contributed by atoms with Crippen molar-refractivity contribution in [2.75, 3.05) is 0 Å². The number of thiophene rings is 2. The number of halogens is 4. The van der Waals surface area contributed by atoms with Crippen LogP contribution in [0.25, 0.3) is 32.0 Å². The van der Waals surface area contributed by atoms with Crippen LogP contribution in [0, 0.1) is 70.9 Å². The van der Waals surface area contributed by atoms with E-state index in [9.17, 15) is 37.7 Å². The highest BCUT2D eigenvalue weighted by atomic mass is 32.1. The third-order valence-corrected chi connectivity index (χ3v) is 13.9. The lowest BCUT2D eigenvalue weighted by molar-refractivity contribution is 0.0318. The molecule has 10 rings (SSSR count). The molecule has 0 fully saturated rings. The van der Waals surface area contributed by atoms with Gasteiger partial charge < -0.3 is 9.47 Å². The first-order chi connectivity index (χ1) is 30.5. The summed E-state index contributed by atoms with van der Waals surface area (Å²) in [6, 6.07) is 10.1. The van der Waals surface area contributed by atoms with E-state index in [4.69, 9.17) is 22.6 Å². The molecule has 0 spiro atoms. The van der Waals surface area contributed by atoms with Crippen molar-refractivity contribution >= 4 is 78.0 Å². The van der Waals surface area contributed by atoms with Gasteiger partial charge in [0, 0.05) is 66.1 Å². The number of rotatable bonds is 2. The van der Waals surface area contributed by atoms with Crippen LogP contribution < -0.4 is 0 Å². The molecule has 16 heteroatoms. The summed E-state index contributed by atoms with van der Waals surface area (Å²) >= 11 is 2.52. The van der Waals surface area contributed by atoms with E-state index in [0.717, 1.165) is 56.3 Å². The number of Topliss-reactive ketones (excluding diaryl/α,β-unsaturated/α-hetero) is 2. The van der Waals surface area contributed by atoms with E-state index >= 15 is 0 Å². The number of ether oxygens (including phenoxy) is 2. The lowest BCUT2D eigenvalue weighted by atomic mass is 9.76. The minimum Gasteiger partial charge on any atom is -0.483 e. The topological polar surface area (TPSA) is 134 Å². The Bertz CT molecular complexity index is 3180. The number of hydrogen-bond acceptors (Lipinski definition) is 10. The van der Waals surface area contributed by atoms with Crippen molar-refractivity contribution in [3.05, 3.63) is 173 Å².